The first-order chi connectivity index (χ1) is 10.0. The molecular weight excluding hydrogens is 282 g/mol. The lowest BCUT2D eigenvalue weighted by Crippen LogP contribution is -2.25. The van der Waals surface area contributed by atoms with E-state index in [9.17, 15) is 0 Å². The minimum Gasteiger partial charge on any atom is -0.310 e. The summed E-state index contributed by atoms with van der Waals surface area (Å²) in [5, 5.41) is 8.84. The smallest absolute Gasteiger partial charge is 0.0847 e. The lowest BCUT2D eigenvalue weighted by Gasteiger charge is -2.21. The van der Waals surface area contributed by atoms with E-state index in [4.69, 9.17) is 11.6 Å². The molecule has 0 bridgehead atoms. The number of halogens is 1. The molecule has 0 aliphatic rings. The SMILES string of the molecule is CCCNC(Cc1c(Cl)c(C)nn1C)c1ccccc1C. The first-order valence-electron chi connectivity index (χ1n) is 7.51. The highest BCUT2D eigenvalue weighted by atomic mass is 35.5. The summed E-state index contributed by atoms with van der Waals surface area (Å²) in [6.45, 7) is 7.29. The maximum absolute atomic E-state index is 6.41. The first kappa shape index (κ1) is 16.1. The molecule has 4 heteroatoms. The van der Waals surface area contributed by atoms with E-state index in [2.05, 4.69) is 48.5 Å². The van der Waals surface area contributed by atoms with Gasteiger partial charge in [0.25, 0.3) is 0 Å². The summed E-state index contributed by atoms with van der Waals surface area (Å²) >= 11 is 6.41. The van der Waals surface area contributed by atoms with E-state index in [0.29, 0.717) is 0 Å². The van der Waals surface area contributed by atoms with E-state index < -0.39 is 0 Å². The molecule has 0 aliphatic carbocycles. The van der Waals surface area contributed by atoms with Gasteiger partial charge in [0.1, 0.15) is 0 Å². The zero-order valence-corrected chi connectivity index (χ0v) is 14.0. The quantitative estimate of drug-likeness (QED) is 0.875. The lowest BCUT2D eigenvalue weighted by atomic mass is 9.97. The number of benzene rings is 1. The van der Waals surface area contributed by atoms with E-state index in [1.807, 2.05) is 18.7 Å². The summed E-state index contributed by atoms with van der Waals surface area (Å²) in [6.07, 6.45) is 1.96. The standard InChI is InChI=1S/C17H24ClN3/c1-5-10-19-15(14-9-7-6-8-12(14)2)11-16-17(18)13(3)20-21(16)4/h6-9,15,19H,5,10-11H2,1-4H3. The van der Waals surface area contributed by atoms with Crippen molar-refractivity contribution in [3.05, 3.63) is 51.8 Å². The number of aromatic nitrogens is 2. The van der Waals surface area contributed by atoms with Gasteiger partial charge < -0.3 is 5.32 Å². The normalized spacial score (nSPS) is 12.6. The van der Waals surface area contributed by atoms with Crippen LogP contribution in [0.4, 0.5) is 0 Å². The Labute approximate surface area is 132 Å². The number of aryl methyl sites for hydroxylation is 3. The molecule has 0 radical (unpaired) electrons. The highest BCUT2D eigenvalue weighted by Gasteiger charge is 2.19. The van der Waals surface area contributed by atoms with E-state index in [0.717, 1.165) is 35.8 Å². The van der Waals surface area contributed by atoms with Crippen molar-refractivity contribution >= 4 is 11.6 Å². The third kappa shape index (κ3) is 3.66. The largest absolute Gasteiger partial charge is 0.310 e. The van der Waals surface area contributed by atoms with E-state index in [-0.39, 0.29) is 6.04 Å². The average Bonchev–Trinajstić information content (AvgIpc) is 2.70. The topological polar surface area (TPSA) is 29.9 Å². The van der Waals surface area contributed by atoms with Crippen LogP contribution in [-0.2, 0) is 13.5 Å². The van der Waals surface area contributed by atoms with Crippen molar-refractivity contribution in [2.24, 2.45) is 7.05 Å². The summed E-state index contributed by atoms with van der Waals surface area (Å²) < 4.78 is 1.90. The average molecular weight is 306 g/mol. The van der Waals surface area contributed by atoms with Gasteiger partial charge in [-0.15, -0.1) is 0 Å². The Morgan fingerprint density at radius 3 is 2.57 bits per heavy atom. The molecule has 0 saturated carbocycles. The fraction of sp³-hybridized carbons (Fsp3) is 0.471. The summed E-state index contributed by atoms with van der Waals surface area (Å²) in [4.78, 5) is 0. The van der Waals surface area contributed by atoms with Crippen LogP contribution in [0.3, 0.4) is 0 Å². The molecule has 2 rings (SSSR count). The fourth-order valence-electron chi connectivity index (χ4n) is 2.68. The third-order valence-electron chi connectivity index (χ3n) is 3.86. The molecule has 0 saturated heterocycles. The van der Waals surface area contributed by atoms with Gasteiger partial charge in [0.15, 0.2) is 0 Å². The van der Waals surface area contributed by atoms with Crippen molar-refractivity contribution in [2.75, 3.05) is 6.54 Å². The van der Waals surface area contributed by atoms with Gasteiger partial charge in [0.05, 0.1) is 16.4 Å². The Bertz CT molecular complexity index is 604. The molecule has 1 unspecified atom stereocenters. The van der Waals surface area contributed by atoms with Crippen molar-refractivity contribution in [3.63, 3.8) is 0 Å². The molecule has 1 atom stereocenters. The van der Waals surface area contributed by atoms with Gasteiger partial charge in [0, 0.05) is 19.5 Å². The molecule has 0 amide bonds. The van der Waals surface area contributed by atoms with Crippen LogP contribution in [0.5, 0.6) is 0 Å². The highest BCUT2D eigenvalue weighted by Crippen LogP contribution is 2.27. The van der Waals surface area contributed by atoms with E-state index >= 15 is 0 Å². The zero-order chi connectivity index (χ0) is 15.4. The van der Waals surface area contributed by atoms with E-state index in [1.54, 1.807) is 0 Å². The van der Waals surface area contributed by atoms with Crippen molar-refractivity contribution in [3.8, 4) is 0 Å². The minimum atomic E-state index is 0.262. The Kier molecular flexibility index (Phi) is 5.43. The van der Waals surface area contributed by atoms with Crippen molar-refractivity contribution in [1.29, 1.82) is 0 Å². The molecule has 114 valence electrons. The zero-order valence-electron chi connectivity index (χ0n) is 13.3. The predicted molar refractivity (Wildman–Crippen MR) is 88.9 cm³/mol. The third-order valence-corrected chi connectivity index (χ3v) is 4.36. The second kappa shape index (κ2) is 7.10. The number of rotatable bonds is 6. The highest BCUT2D eigenvalue weighted by molar-refractivity contribution is 6.31. The predicted octanol–water partition coefficient (Wildman–Crippen LogP) is 3.97. The minimum absolute atomic E-state index is 0.262. The van der Waals surface area contributed by atoms with Gasteiger partial charge >= 0.3 is 0 Å². The van der Waals surface area contributed by atoms with Gasteiger partial charge in [-0.1, -0.05) is 42.8 Å². The summed E-state index contributed by atoms with van der Waals surface area (Å²) in [5.74, 6) is 0. The Balaban J connectivity index is 2.31. The van der Waals surface area contributed by atoms with E-state index in [1.165, 1.54) is 11.1 Å². The number of hydrogen-bond donors (Lipinski definition) is 1. The Morgan fingerprint density at radius 2 is 2.00 bits per heavy atom. The molecule has 3 nitrogen and oxygen atoms in total. The summed E-state index contributed by atoms with van der Waals surface area (Å²) in [6, 6.07) is 8.79. The van der Waals surface area contributed by atoms with Gasteiger partial charge in [-0.2, -0.15) is 5.10 Å². The van der Waals surface area contributed by atoms with Crippen LogP contribution in [0, 0.1) is 13.8 Å². The number of hydrogen-bond acceptors (Lipinski definition) is 2. The van der Waals surface area contributed by atoms with Crippen LogP contribution in [0.15, 0.2) is 24.3 Å². The number of nitrogens with zero attached hydrogens (tertiary/aromatic N) is 2. The second-order valence-electron chi connectivity index (χ2n) is 5.54. The van der Waals surface area contributed by atoms with Gasteiger partial charge in [-0.05, 0) is 37.9 Å². The van der Waals surface area contributed by atoms with Crippen molar-refractivity contribution < 1.29 is 0 Å². The van der Waals surface area contributed by atoms with Crippen LogP contribution < -0.4 is 5.32 Å². The summed E-state index contributed by atoms with van der Waals surface area (Å²) in [5.41, 5.74) is 4.63. The van der Waals surface area contributed by atoms with Crippen LogP contribution in [0.1, 0.15) is 41.9 Å². The molecule has 21 heavy (non-hydrogen) atoms. The molecule has 0 spiro atoms. The molecule has 1 N–H and O–H groups in total. The summed E-state index contributed by atoms with van der Waals surface area (Å²) in [7, 11) is 1.96. The molecule has 0 aliphatic heterocycles. The maximum Gasteiger partial charge on any atom is 0.0847 e. The monoisotopic (exact) mass is 305 g/mol. The molecule has 1 heterocycles. The van der Waals surface area contributed by atoms with Gasteiger partial charge in [-0.3, -0.25) is 4.68 Å². The Hall–Kier alpha value is -1.32. The van der Waals surface area contributed by atoms with Gasteiger partial charge in [0.2, 0.25) is 0 Å². The van der Waals surface area contributed by atoms with Crippen molar-refractivity contribution in [1.82, 2.24) is 15.1 Å². The number of nitrogens with one attached hydrogen (secondary N) is 1. The second-order valence-corrected chi connectivity index (χ2v) is 5.92. The van der Waals surface area contributed by atoms with Crippen LogP contribution in [0.2, 0.25) is 5.02 Å². The van der Waals surface area contributed by atoms with Crippen molar-refractivity contribution in [2.45, 2.75) is 39.7 Å². The van der Waals surface area contributed by atoms with Crippen LogP contribution >= 0.6 is 11.6 Å². The van der Waals surface area contributed by atoms with Crippen LogP contribution in [0.25, 0.3) is 0 Å². The fourth-order valence-corrected chi connectivity index (χ4v) is 2.92. The van der Waals surface area contributed by atoms with Gasteiger partial charge in [-0.25, -0.2) is 0 Å². The molecule has 2 aromatic rings. The molecule has 1 aromatic carbocycles. The molecule has 0 fully saturated rings. The lowest BCUT2D eigenvalue weighted by molar-refractivity contribution is 0.510. The maximum atomic E-state index is 6.41. The molecule has 1 aromatic heterocycles. The Morgan fingerprint density at radius 1 is 1.29 bits per heavy atom. The first-order valence-corrected chi connectivity index (χ1v) is 7.89. The van der Waals surface area contributed by atoms with Crippen LogP contribution in [-0.4, -0.2) is 16.3 Å². The molecular formula is C17H24ClN3.